The zero-order valence-electron chi connectivity index (χ0n) is 15.5. The fraction of sp³-hybridized carbons (Fsp3) is 0.400. The molecule has 1 aromatic carbocycles. The van der Waals surface area contributed by atoms with Crippen LogP contribution in [0.3, 0.4) is 0 Å². The van der Waals surface area contributed by atoms with Gasteiger partial charge >= 0.3 is 11.9 Å². The highest BCUT2D eigenvalue weighted by atomic mass is 16.5. The number of hydrogen-bond donors (Lipinski definition) is 1. The first-order valence-electron chi connectivity index (χ1n) is 8.17. The van der Waals surface area contributed by atoms with Gasteiger partial charge in [0, 0.05) is 0 Å². The molecule has 0 aliphatic heterocycles. The van der Waals surface area contributed by atoms with Crippen LogP contribution in [-0.2, 0) is 14.3 Å². The average Bonchev–Trinajstić information content (AvgIpc) is 2.54. The summed E-state index contributed by atoms with van der Waals surface area (Å²) in [4.78, 5) is 23.8. The van der Waals surface area contributed by atoms with Gasteiger partial charge in [0.15, 0.2) is 0 Å². The third-order valence-electron chi connectivity index (χ3n) is 3.44. The summed E-state index contributed by atoms with van der Waals surface area (Å²) < 4.78 is 10.3. The molecule has 0 heterocycles. The normalized spacial score (nSPS) is 11.6. The maximum atomic E-state index is 12.1. The summed E-state index contributed by atoms with van der Waals surface area (Å²) in [7, 11) is 1.25. The zero-order valence-corrected chi connectivity index (χ0v) is 15.5. The van der Waals surface area contributed by atoms with E-state index < -0.39 is 11.9 Å². The van der Waals surface area contributed by atoms with Crippen molar-refractivity contribution >= 4 is 17.5 Å². The molecule has 1 N–H and O–H groups in total. The van der Waals surface area contributed by atoms with Crippen molar-refractivity contribution in [1.82, 2.24) is 0 Å². The smallest absolute Gasteiger partial charge is 0.336 e. The Morgan fingerprint density at radius 3 is 2.20 bits per heavy atom. The van der Waals surface area contributed by atoms with Gasteiger partial charge in [0.25, 0.3) is 0 Å². The summed E-state index contributed by atoms with van der Waals surface area (Å²) in [6, 6.07) is 6.68. The van der Waals surface area contributed by atoms with E-state index in [1.807, 2.05) is 33.8 Å². The van der Waals surface area contributed by atoms with Gasteiger partial charge in [-0.1, -0.05) is 31.6 Å². The van der Waals surface area contributed by atoms with Gasteiger partial charge in [-0.05, 0) is 50.0 Å². The summed E-state index contributed by atoms with van der Waals surface area (Å²) in [5, 5.41) is 9.62. The topological polar surface area (TPSA) is 72.8 Å². The van der Waals surface area contributed by atoms with Crippen LogP contribution in [0.5, 0.6) is 5.75 Å². The third-order valence-corrected chi connectivity index (χ3v) is 3.44. The molecule has 0 unspecified atom stereocenters. The third kappa shape index (κ3) is 6.45. The monoisotopic (exact) mass is 346 g/mol. The second-order valence-corrected chi connectivity index (χ2v) is 6.37. The van der Waals surface area contributed by atoms with Crippen LogP contribution >= 0.6 is 0 Å². The summed E-state index contributed by atoms with van der Waals surface area (Å²) in [5.74, 6) is -1.01. The SMILES string of the molecule is COC(=O)C(CC(C)C)=C(C(=O)O)c1ccc(OCC=C(C)C)cc1. The van der Waals surface area contributed by atoms with E-state index in [9.17, 15) is 14.7 Å². The summed E-state index contributed by atoms with van der Waals surface area (Å²) in [6.45, 7) is 8.26. The highest BCUT2D eigenvalue weighted by Crippen LogP contribution is 2.26. The van der Waals surface area contributed by atoms with E-state index in [2.05, 4.69) is 0 Å². The molecule has 5 nitrogen and oxygen atoms in total. The van der Waals surface area contributed by atoms with Gasteiger partial charge in [0.1, 0.15) is 12.4 Å². The Kier molecular flexibility index (Phi) is 7.92. The lowest BCUT2D eigenvalue weighted by molar-refractivity contribution is -0.137. The lowest BCUT2D eigenvalue weighted by atomic mass is 9.93. The van der Waals surface area contributed by atoms with Crippen LogP contribution in [0.1, 0.15) is 39.7 Å². The van der Waals surface area contributed by atoms with Crippen LogP contribution < -0.4 is 4.74 Å². The first kappa shape index (κ1) is 20.5. The average molecular weight is 346 g/mol. The van der Waals surface area contributed by atoms with Crippen LogP contribution in [-0.4, -0.2) is 30.8 Å². The summed E-state index contributed by atoms with van der Waals surface area (Å²) in [6.07, 6.45) is 2.28. The van der Waals surface area contributed by atoms with Crippen molar-refractivity contribution in [1.29, 1.82) is 0 Å². The zero-order chi connectivity index (χ0) is 19.0. The maximum Gasteiger partial charge on any atom is 0.336 e. The van der Waals surface area contributed by atoms with Gasteiger partial charge in [-0.3, -0.25) is 0 Å². The number of allylic oxidation sites excluding steroid dienone is 1. The number of carboxylic acids is 1. The Morgan fingerprint density at radius 2 is 1.76 bits per heavy atom. The number of benzene rings is 1. The van der Waals surface area contributed by atoms with E-state index in [1.54, 1.807) is 24.3 Å². The molecule has 0 aliphatic carbocycles. The molecule has 0 saturated carbocycles. The Labute approximate surface area is 149 Å². The van der Waals surface area contributed by atoms with Gasteiger partial charge in [0.05, 0.1) is 18.3 Å². The molecule has 0 radical (unpaired) electrons. The van der Waals surface area contributed by atoms with Crippen LogP contribution in [0.15, 0.2) is 41.5 Å². The van der Waals surface area contributed by atoms with Crippen molar-refractivity contribution in [2.75, 3.05) is 13.7 Å². The maximum absolute atomic E-state index is 12.1. The molecule has 136 valence electrons. The lowest BCUT2D eigenvalue weighted by Gasteiger charge is -2.13. The highest BCUT2D eigenvalue weighted by Gasteiger charge is 2.23. The number of carbonyl (C=O) groups excluding carboxylic acids is 1. The molecular weight excluding hydrogens is 320 g/mol. The molecular formula is C20H26O5. The molecule has 1 aromatic rings. The number of methoxy groups -OCH3 is 1. The van der Waals surface area contributed by atoms with Crippen molar-refractivity contribution in [3.8, 4) is 5.75 Å². The molecule has 0 aromatic heterocycles. The van der Waals surface area contributed by atoms with E-state index in [-0.39, 0.29) is 17.1 Å². The fourth-order valence-corrected chi connectivity index (χ4v) is 2.27. The first-order chi connectivity index (χ1) is 11.8. The van der Waals surface area contributed by atoms with Gasteiger partial charge in [-0.15, -0.1) is 0 Å². The fourth-order valence-electron chi connectivity index (χ4n) is 2.27. The number of esters is 1. The molecule has 5 heteroatoms. The Balaban J connectivity index is 3.20. The Morgan fingerprint density at radius 1 is 1.16 bits per heavy atom. The predicted molar refractivity (Wildman–Crippen MR) is 97.4 cm³/mol. The van der Waals surface area contributed by atoms with Crippen molar-refractivity contribution in [3.63, 3.8) is 0 Å². The molecule has 1 rings (SSSR count). The Bertz CT molecular complexity index is 662. The molecule has 0 amide bonds. The molecule has 0 bridgehead atoms. The molecule has 0 saturated heterocycles. The summed E-state index contributed by atoms with van der Waals surface area (Å²) in [5.41, 5.74) is 1.74. The molecule has 0 spiro atoms. The number of carbonyl (C=O) groups is 2. The minimum Gasteiger partial charge on any atom is -0.490 e. The minimum absolute atomic E-state index is 0.0311. The van der Waals surface area contributed by atoms with E-state index >= 15 is 0 Å². The van der Waals surface area contributed by atoms with Crippen LogP contribution in [0.2, 0.25) is 0 Å². The first-order valence-corrected chi connectivity index (χ1v) is 8.17. The van der Waals surface area contributed by atoms with Gasteiger partial charge < -0.3 is 14.6 Å². The van der Waals surface area contributed by atoms with Crippen LogP contribution in [0.4, 0.5) is 0 Å². The van der Waals surface area contributed by atoms with Crippen molar-refractivity contribution in [2.45, 2.75) is 34.1 Å². The van der Waals surface area contributed by atoms with Gasteiger partial charge in [0.2, 0.25) is 0 Å². The highest BCUT2D eigenvalue weighted by molar-refractivity contribution is 6.22. The summed E-state index contributed by atoms with van der Waals surface area (Å²) >= 11 is 0. The minimum atomic E-state index is -1.15. The van der Waals surface area contributed by atoms with Gasteiger partial charge in [-0.25, -0.2) is 9.59 Å². The van der Waals surface area contributed by atoms with Crippen LogP contribution in [0, 0.1) is 5.92 Å². The molecule has 0 atom stereocenters. The van der Waals surface area contributed by atoms with Gasteiger partial charge in [-0.2, -0.15) is 0 Å². The lowest BCUT2D eigenvalue weighted by Crippen LogP contribution is -2.14. The largest absolute Gasteiger partial charge is 0.490 e. The number of hydrogen-bond acceptors (Lipinski definition) is 4. The second-order valence-electron chi connectivity index (χ2n) is 6.37. The van der Waals surface area contributed by atoms with E-state index in [1.165, 1.54) is 7.11 Å². The second kappa shape index (κ2) is 9.67. The standard InChI is InChI=1S/C20H26O5/c1-13(2)10-11-25-16-8-6-15(7-9-16)18(19(21)22)17(12-14(3)4)20(23)24-5/h6-10,14H,11-12H2,1-5H3,(H,21,22). The van der Waals surface area contributed by atoms with E-state index in [0.717, 1.165) is 5.57 Å². The number of rotatable bonds is 8. The number of carboxylic acid groups (broad SMARTS) is 1. The van der Waals surface area contributed by atoms with E-state index in [0.29, 0.717) is 24.3 Å². The molecule has 0 aliphatic rings. The molecule has 25 heavy (non-hydrogen) atoms. The van der Waals surface area contributed by atoms with Crippen LogP contribution in [0.25, 0.3) is 5.57 Å². The predicted octanol–water partition coefficient (Wildman–Crippen LogP) is 4.09. The Hall–Kier alpha value is -2.56. The van der Waals surface area contributed by atoms with Crippen molar-refractivity contribution in [2.24, 2.45) is 5.92 Å². The van der Waals surface area contributed by atoms with Crippen molar-refractivity contribution < 1.29 is 24.2 Å². The number of ether oxygens (including phenoxy) is 2. The quantitative estimate of drug-likeness (QED) is 0.436. The number of aliphatic carboxylic acids is 1. The molecule has 0 fully saturated rings. The van der Waals surface area contributed by atoms with Crippen molar-refractivity contribution in [3.05, 3.63) is 47.1 Å². The van der Waals surface area contributed by atoms with E-state index in [4.69, 9.17) is 9.47 Å².